The molecule has 1 atom stereocenters. The number of hydrogen-bond acceptors (Lipinski definition) is 4. The fourth-order valence-electron chi connectivity index (χ4n) is 1.85. The Morgan fingerprint density at radius 1 is 1.33 bits per heavy atom. The van der Waals surface area contributed by atoms with Crippen molar-refractivity contribution in [3.05, 3.63) is 33.9 Å². The number of hydrogen-bond donors (Lipinski definition) is 2. The second-order valence-electron chi connectivity index (χ2n) is 5.91. The minimum absolute atomic E-state index is 0.0146. The summed E-state index contributed by atoms with van der Waals surface area (Å²) in [6.45, 7) is 5.94. The summed E-state index contributed by atoms with van der Waals surface area (Å²) in [5.74, 6) is 0.0250. The van der Waals surface area contributed by atoms with Crippen molar-refractivity contribution in [2.24, 2.45) is 5.92 Å². The Hall–Kier alpha value is -2.11. The van der Waals surface area contributed by atoms with Crippen LogP contribution in [0.5, 0.6) is 0 Å². The predicted molar refractivity (Wildman–Crippen MR) is 81.5 cm³/mol. The zero-order valence-corrected chi connectivity index (χ0v) is 12.6. The van der Waals surface area contributed by atoms with Crippen molar-refractivity contribution in [2.75, 3.05) is 5.32 Å². The molecule has 114 valence electrons. The molecule has 1 amide bonds. The van der Waals surface area contributed by atoms with Gasteiger partial charge in [0.1, 0.15) is 5.69 Å². The number of nitro benzene ring substituents is 1. The highest BCUT2D eigenvalue weighted by Crippen LogP contribution is 2.31. The molecule has 1 aromatic rings. The zero-order valence-electron chi connectivity index (χ0n) is 12.6. The Labute approximate surface area is 124 Å². The Bertz CT molecular complexity index is 553. The van der Waals surface area contributed by atoms with E-state index in [1.165, 1.54) is 6.07 Å². The fraction of sp³-hybridized carbons (Fsp3) is 0.533. The van der Waals surface area contributed by atoms with Gasteiger partial charge in [-0.05, 0) is 37.8 Å². The maximum Gasteiger partial charge on any atom is 0.293 e. The largest absolute Gasteiger partial charge is 0.377 e. The second-order valence-corrected chi connectivity index (χ2v) is 5.91. The van der Waals surface area contributed by atoms with Crippen LogP contribution in [-0.2, 0) is 0 Å². The summed E-state index contributed by atoms with van der Waals surface area (Å²) in [4.78, 5) is 22.8. The summed E-state index contributed by atoms with van der Waals surface area (Å²) in [6, 6.07) is 4.92. The topological polar surface area (TPSA) is 84.3 Å². The van der Waals surface area contributed by atoms with Gasteiger partial charge in [0, 0.05) is 23.7 Å². The lowest BCUT2D eigenvalue weighted by molar-refractivity contribution is -0.384. The summed E-state index contributed by atoms with van der Waals surface area (Å²) in [6.07, 6.45) is 2.07. The van der Waals surface area contributed by atoms with E-state index in [1.54, 1.807) is 12.1 Å². The van der Waals surface area contributed by atoms with Crippen LogP contribution in [0.2, 0.25) is 0 Å². The third-order valence-corrected chi connectivity index (χ3v) is 3.75. The van der Waals surface area contributed by atoms with Gasteiger partial charge in [-0.3, -0.25) is 14.9 Å². The minimum atomic E-state index is -0.451. The number of amides is 1. The molecule has 0 aliphatic heterocycles. The van der Waals surface area contributed by atoms with Gasteiger partial charge in [0.25, 0.3) is 11.6 Å². The van der Waals surface area contributed by atoms with Crippen molar-refractivity contribution in [3.8, 4) is 0 Å². The molecule has 0 bridgehead atoms. The standard InChI is InChI=1S/C15H21N3O3/c1-9(2)10(3)16-15(19)11-4-7-13(17-12-5-6-12)14(8-11)18(20)21/h4,7-10,12,17H,5-6H2,1-3H3,(H,16,19). The van der Waals surface area contributed by atoms with Gasteiger partial charge in [-0.1, -0.05) is 13.8 Å². The first-order chi connectivity index (χ1) is 9.88. The normalized spacial score (nSPS) is 15.6. The molecule has 1 fully saturated rings. The molecule has 1 aliphatic rings. The van der Waals surface area contributed by atoms with E-state index < -0.39 is 4.92 Å². The summed E-state index contributed by atoms with van der Waals surface area (Å²) < 4.78 is 0. The number of nitrogens with zero attached hydrogens (tertiary/aromatic N) is 1. The van der Waals surface area contributed by atoms with Gasteiger partial charge < -0.3 is 10.6 Å². The van der Waals surface area contributed by atoms with Crippen LogP contribution < -0.4 is 10.6 Å². The highest BCUT2D eigenvalue weighted by molar-refractivity contribution is 5.95. The first-order valence-electron chi connectivity index (χ1n) is 7.24. The lowest BCUT2D eigenvalue weighted by atomic mass is 10.1. The second kappa shape index (κ2) is 6.11. The minimum Gasteiger partial charge on any atom is -0.377 e. The van der Waals surface area contributed by atoms with Crippen LogP contribution in [0.3, 0.4) is 0 Å². The van der Waals surface area contributed by atoms with E-state index in [1.807, 2.05) is 20.8 Å². The van der Waals surface area contributed by atoms with Gasteiger partial charge in [-0.15, -0.1) is 0 Å². The molecule has 0 heterocycles. The molecule has 6 nitrogen and oxygen atoms in total. The van der Waals surface area contributed by atoms with Gasteiger partial charge in [0.05, 0.1) is 4.92 Å². The third kappa shape index (κ3) is 3.93. The van der Waals surface area contributed by atoms with Gasteiger partial charge in [-0.25, -0.2) is 0 Å². The summed E-state index contributed by atoms with van der Waals surface area (Å²) in [5, 5.41) is 17.1. The summed E-state index contributed by atoms with van der Waals surface area (Å²) in [5.41, 5.74) is 0.748. The highest BCUT2D eigenvalue weighted by atomic mass is 16.6. The Morgan fingerprint density at radius 2 is 2.00 bits per heavy atom. The number of carbonyl (C=O) groups excluding carboxylic acids is 1. The molecule has 6 heteroatoms. The van der Waals surface area contributed by atoms with Crippen LogP contribution in [0, 0.1) is 16.0 Å². The maximum atomic E-state index is 12.1. The van der Waals surface area contributed by atoms with Crippen molar-refractivity contribution in [2.45, 2.75) is 45.7 Å². The van der Waals surface area contributed by atoms with Crippen LogP contribution in [0.15, 0.2) is 18.2 Å². The molecule has 1 aromatic carbocycles. The third-order valence-electron chi connectivity index (χ3n) is 3.75. The van der Waals surface area contributed by atoms with E-state index in [0.717, 1.165) is 12.8 Å². The Kier molecular flexibility index (Phi) is 4.45. The van der Waals surface area contributed by atoms with E-state index in [2.05, 4.69) is 10.6 Å². The molecule has 1 aliphatic carbocycles. The maximum absolute atomic E-state index is 12.1. The fourth-order valence-corrected chi connectivity index (χ4v) is 1.85. The Morgan fingerprint density at radius 3 is 2.52 bits per heavy atom. The first kappa shape index (κ1) is 15.3. The number of nitrogens with one attached hydrogen (secondary N) is 2. The van der Waals surface area contributed by atoms with Crippen LogP contribution >= 0.6 is 0 Å². The smallest absolute Gasteiger partial charge is 0.293 e. The van der Waals surface area contributed by atoms with Crippen LogP contribution in [0.25, 0.3) is 0 Å². The van der Waals surface area contributed by atoms with Gasteiger partial charge in [-0.2, -0.15) is 0 Å². The molecule has 0 spiro atoms. The molecule has 0 saturated heterocycles. The van der Waals surface area contributed by atoms with E-state index in [-0.39, 0.29) is 17.6 Å². The quantitative estimate of drug-likeness (QED) is 0.623. The van der Waals surface area contributed by atoms with Crippen LogP contribution in [-0.4, -0.2) is 22.9 Å². The number of anilines is 1. The van der Waals surface area contributed by atoms with Crippen molar-refractivity contribution in [1.82, 2.24) is 5.32 Å². The lowest BCUT2D eigenvalue weighted by Crippen LogP contribution is -2.36. The molecule has 1 saturated carbocycles. The zero-order chi connectivity index (χ0) is 15.6. The number of nitro groups is 1. The number of carbonyl (C=O) groups is 1. The SMILES string of the molecule is CC(C)C(C)NC(=O)c1ccc(NC2CC2)c([N+](=O)[O-])c1. The van der Waals surface area contributed by atoms with Crippen LogP contribution in [0.4, 0.5) is 11.4 Å². The molecular weight excluding hydrogens is 270 g/mol. The van der Waals surface area contributed by atoms with Gasteiger partial charge >= 0.3 is 0 Å². The molecule has 2 rings (SSSR count). The molecule has 2 N–H and O–H groups in total. The monoisotopic (exact) mass is 291 g/mol. The predicted octanol–water partition coefficient (Wildman–Crippen LogP) is 2.94. The first-order valence-corrected chi connectivity index (χ1v) is 7.24. The van der Waals surface area contributed by atoms with E-state index in [9.17, 15) is 14.9 Å². The summed E-state index contributed by atoms with van der Waals surface area (Å²) >= 11 is 0. The van der Waals surface area contributed by atoms with E-state index >= 15 is 0 Å². The molecule has 0 radical (unpaired) electrons. The average Bonchev–Trinajstić information content (AvgIpc) is 3.22. The van der Waals surface area contributed by atoms with E-state index in [4.69, 9.17) is 0 Å². The molecule has 21 heavy (non-hydrogen) atoms. The summed E-state index contributed by atoms with van der Waals surface area (Å²) in [7, 11) is 0. The Balaban J connectivity index is 2.18. The van der Waals surface area contributed by atoms with Gasteiger partial charge in [0.15, 0.2) is 0 Å². The lowest BCUT2D eigenvalue weighted by Gasteiger charge is -2.17. The molecule has 1 unspecified atom stereocenters. The van der Waals surface area contributed by atoms with Crippen molar-refractivity contribution in [1.29, 1.82) is 0 Å². The van der Waals surface area contributed by atoms with Crippen LogP contribution in [0.1, 0.15) is 44.0 Å². The number of benzene rings is 1. The highest BCUT2D eigenvalue weighted by Gasteiger charge is 2.25. The van der Waals surface area contributed by atoms with Gasteiger partial charge in [0.2, 0.25) is 0 Å². The molecule has 0 aromatic heterocycles. The van der Waals surface area contributed by atoms with Crippen molar-refractivity contribution in [3.63, 3.8) is 0 Å². The molecular formula is C15H21N3O3. The van der Waals surface area contributed by atoms with Crippen molar-refractivity contribution < 1.29 is 9.72 Å². The number of rotatable bonds is 6. The van der Waals surface area contributed by atoms with E-state index in [0.29, 0.717) is 23.2 Å². The average molecular weight is 291 g/mol. The van der Waals surface area contributed by atoms with Crippen molar-refractivity contribution >= 4 is 17.3 Å².